The molecule has 1 aliphatic carbocycles. The van der Waals surface area contributed by atoms with Crippen molar-refractivity contribution in [2.75, 3.05) is 31.6 Å². The zero-order chi connectivity index (χ0) is 14.5. The number of amides is 1. The van der Waals surface area contributed by atoms with Gasteiger partial charge < -0.3 is 10.4 Å². The van der Waals surface area contributed by atoms with E-state index in [9.17, 15) is 4.79 Å². The highest BCUT2D eigenvalue weighted by Gasteiger charge is 2.30. The summed E-state index contributed by atoms with van der Waals surface area (Å²) in [5.74, 6) is 1.38. The maximum atomic E-state index is 12.0. The van der Waals surface area contributed by atoms with Gasteiger partial charge in [0, 0.05) is 12.6 Å². The number of nitrogens with zero attached hydrogens (tertiary/aromatic N) is 3. The molecule has 0 saturated heterocycles. The van der Waals surface area contributed by atoms with E-state index in [1.165, 1.54) is 12.8 Å². The fourth-order valence-corrected chi connectivity index (χ4v) is 2.39. The van der Waals surface area contributed by atoms with Gasteiger partial charge in [-0.1, -0.05) is 6.92 Å². The fraction of sp³-hybridized carbons (Fsp3) is 0.714. The molecule has 20 heavy (non-hydrogen) atoms. The molecule has 2 N–H and O–H groups in total. The van der Waals surface area contributed by atoms with E-state index in [0.717, 1.165) is 12.4 Å². The number of rotatable bonds is 8. The average molecular weight is 280 g/mol. The molecule has 1 amide bonds. The molecule has 1 aromatic heterocycles. The highest BCUT2D eigenvalue weighted by Crippen LogP contribution is 2.40. The second kappa shape index (κ2) is 6.85. The molecular weight excluding hydrogens is 256 g/mol. The van der Waals surface area contributed by atoms with Crippen molar-refractivity contribution >= 4 is 11.7 Å². The summed E-state index contributed by atoms with van der Waals surface area (Å²) in [4.78, 5) is 13.9. The Balaban J connectivity index is 1.92. The van der Waals surface area contributed by atoms with E-state index in [0.29, 0.717) is 25.0 Å². The van der Waals surface area contributed by atoms with Crippen LogP contribution in [0.1, 0.15) is 32.7 Å². The van der Waals surface area contributed by atoms with Crippen molar-refractivity contribution < 1.29 is 9.90 Å². The Morgan fingerprint density at radius 3 is 3.00 bits per heavy atom. The number of anilines is 1. The van der Waals surface area contributed by atoms with Crippen LogP contribution in [-0.4, -0.2) is 51.9 Å². The third kappa shape index (κ3) is 3.80. The lowest BCUT2D eigenvalue weighted by Gasteiger charge is -2.19. The molecule has 0 spiro atoms. The molecule has 6 nitrogen and oxygen atoms in total. The Morgan fingerprint density at radius 1 is 1.65 bits per heavy atom. The predicted octanol–water partition coefficient (Wildman–Crippen LogP) is 1.11. The standard InChI is InChI=1S/C14H24N4O2/c1-3-17(8-9-19)10-14(20)16-13-6-7-15-18(13)11(2)12-4-5-12/h6-7,11-12,19H,3-5,8-10H2,1-2H3,(H,16,20). The maximum absolute atomic E-state index is 12.0. The van der Waals surface area contributed by atoms with Gasteiger partial charge in [0.2, 0.25) is 5.91 Å². The van der Waals surface area contributed by atoms with E-state index in [-0.39, 0.29) is 12.5 Å². The highest BCUT2D eigenvalue weighted by molar-refractivity contribution is 5.91. The number of hydrogen-bond donors (Lipinski definition) is 2. The predicted molar refractivity (Wildman–Crippen MR) is 77.5 cm³/mol. The van der Waals surface area contributed by atoms with Crippen molar-refractivity contribution in [1.82, 2.24) is 14.7 Å². The summed E-state index contributed by atoms with van der Waals surface area (Å²) in [5.41, 5.74) is 0. The number of nitrogens with one attached hydrogen (secondary N) is 1. The van der Waals surface area contributed by atoms with Gasteiger partial charge in [-0.05, 0) is 32.2 Å². The van der Waals surface area contributed by atoms with E-state index in [4.69, 9.17) is 5.11 Å². The molecule has 2 rings (SSSR count). The summed E-state index contributed by atoms with van der Waals surface area (Å²) >= 11 is 0. The van der Waals surface area contributed by atoms with Crippen molar-refractivity contribution in [3.05, 3.63) is 12.3 Å². The number of likely N-dealkylation sites (N-methyl/N-ethyl adjacent to an activating group) is 1. The number of aliphatic hydroxyl groups excluding tert-OH is 1. The van der Waals surface area contributed by atoms with Crippen molar-refractivity contribution in [1.29, 1.82) is 0 Å². The zero-order valence-corrected chi connectivity index (χ0v) is 12.2. The molecule has 1 saturated carbocycles. The molecular formula is C14H24N4O2. The van der Waals surface area contributed by atoms with Crippen LogP contribution in [0.2, 0.25) is 0 Å². The number of aliphatic hydroxyl groups is 1. The Bertz CT molecular complexity index is 442. The van der Waals surface area contributed by atoms with Crippen LogP contribution in [0.3, 0.4) is 0 Å². The van der Waals surface area contributed by atoms with Crippen LogP contribution in [0.4, 0.5) is 5.82 Å². The molecule has 1 heterocycles. The maximum Gasteiger partial charge on any atom is 0.239 e. The Kier molecular flexibility index (Phi) is 5.14. The van der Waals surface area contributed by atoms with Gasteiger partial charge in [0.15, 0.2) is 0 Å². The van der Waals surface area contributed by atoms with Crippen LogP contribution in [0.25, 0.3) is 0 Å². The monoisotopic (exact) mass is 280 g/mol. The number of hydrogen-bond acceptors (Lipinski definition) is 4. The first kappa shape index (κ1) is 15.0. The first-order valence-electron chi connectivity index (χ1n) is 7.32. The summed E-state index contributed by atoms with van der Waals surface area (Å²) in [6, 6.07) is 2.17. The molecule has 1 fully saturated rings. The smallest absolute Gasteiger partial charge is 0.239 e. The largest absolute Gasteiger partial charge is 0.395 e. The van der Waals surface area contributed by atoms with E-state index >= 15 is 0 Å². The first-order valence-corrected chi connectivity index (χ1v) is 7.32. The summed E-state index contributed by atoms with van der Waals surface area (Å²) < 4.78 is 1.90. The van der Waals surface area contributed by atoms with Crippen molar-refractivity contribution in [3.8, 4) is 0 Å². The number of aromatic nitrogens is 2. The molecule has 1 unspecified atom stereocenters. The third-order valence-corrected chi connectivity index (χ3v) is 3.86. The summed E-state index contributed by atoms with van der Waals surface area (Å²) in [6.07, 6.45) is 4.21. The minimum atomic E-state index is -0.0648. The van der Waals surface area contributed by atoms with Crippen LogP contribution >= 0.6 is 0 Å². The average Bonchev–Trinajstić information content (AvgIpc) is 3.18. The molecule has 0 radical (unpaired) electrons. The van der Waals surface area contributed by atoms with Gasteiger partial charge in [0.1, 0.15) is 5.82 Å². The molecule has 6 heteroatoms. The minimum absolute atomic E-state index is 0.0648. The molecule has 1 aliphatic rings. The molecule has 112 valence electrons. The topological polar surface area (TPSA) is 70.4 Å². The summed E-state index contributed by atoms with van der Waals surface area (Å²) in [5, 5.41) is 16.2. The van der Waals surface area contributed by atoms with Gasteiger partial charge in [-0.2, -0.15) is 5.10 Å². The van der Waals surface area contributed by atoms with Crippen molar-refractivity contribution in [3.63, 3.8) is 0 Å². The minimum Gasteiger partial charge on any atom is -0.395 e. The molecule has 1 aromatic rings. The Labute approximate surface area is 119 Å². The Morgan fingerprint density at radius 2 is 2.40 bits per heavy atom. The third-order valence-electron chi connectivity index (χ3n) is 3.86. The van der Waals surface area contributed by atoms with Crippen LogP contribution < -0.4 is 5.32 Å². The second-order valence-corrected chi connectivity index (χ2v) is 5.38. The normalized spacial score (nSPS) is 16.4. The second-order valence-electron chi connectivity index (χ2n) is 5.38. The van der Waals surface area contributed by atoms with Crippen LogP contribution in [0.15, 0.2) is 12.3 Å². The molecule has 0 aromatic carbocycles. The van der Waals surface area contributed by atoms with Crippen molar-refractivity contribution in [2.45, 2.75) is 32.7 Å². The molecule has 1 atom stereocenters. The van der Waals surface area contributed by atoms with E-state index in [2.05, 4.69) is 17.3 Å². The van der Waals surface area contributed by atoms with E-state index in [1.54, 1.807) is 6.20 Å². The van der Waals surface area contributed by atoms with Gasteiger partial charge in [0.05, 0.1) is 25.4 Å². The highest BCUT2D eigenvalue weighted by atomic mass is 16.3. The fourth-order valence-electron chi connectivity index (χ4n) is 2.39. The number of carbonyl (C=O) groups is 1. The van der Waals surface area contributed by atoms with E-state index in [1.807, 2.05) is 22.6 Å². The molecule has 0 aliphatic heterocycles. The quantitative estimate of drug-likeness (QED) is 0.748. The lowest BCUT2D eigenvalue weighted by Crippen LogP contribution is -2.35. The first-order chi connectivity index (χ1) is 9.65. The Hall–Kier alpha value is -1.40. The van der Waals surface area contributed by atoms with Gasteiger partial charge >= 0.3 is 0 Å². The van der Waals surface area contributed by atoms with Crippen LogP contribution in [-0.2, 0) is 4.79 Å². The van der Waals surface area contributed by atoms with Crippen LogP contribution in [0.5, 0.6) is 0 Å². The van der Waals surface area contributed by atoms with Crippen molar-refractivity contribution in [2.24, 2.45) is 5.92 Å². The zero-order valence-electron chi connectivity index (χ0n) is 12.2. The molecule has 0 bridgehead atoms. The lowest BCUT2D eigenvalue weighted by atomic mass is 10.2. The summed E-state index contributed by atoms with van der Waals surface area (Å²) in [7, 11) is 0. The van der Waals surface area contributed by atoms with Gasteiger partial charge in [0.25, 0.3) is 0 Å². The van der Waals surface area contributed by atoms with Crippen LogP contribution in [0, 0.1) is 5.92 Å². The van der Waals surface area contributed by atoms with E-state index < -0.39 is 0 Å². The number of carbonyl (C=O) groups excluding carboxylic acids is 1. The van der Waals surface area contributed by atoms with Gasteiger partial charge in [-0.25, -0.2) is 4.68 Å². The van der Waals surface area contributed by atoms with Gasteiger partial charge in [-0.3, -0.25) is 9.69 Å². The lowest BCUT2D eigenvalue weighted by molar-refractivity contribution is -0.117. The SMILES string of the molecule is CCN(CCO)CC(=O)Nc1ccnn1C(C)C1CC1. The van der Waals surface area contributed by atoms with Gasteiger partial charge in [-0.15, -0.1) is 0 Å². The summed E-state index contributed by atoms with van der Waals surface area (Å²) in [6.45, 7) is 5.73.